The van der Waals surface area contributed by atoms with Crippen LogP contribution in [0.4, 0.5) is 0 Å². The fourth-order valence-electron chi connectivity index (χ4n) is 1.40. The fourth-order valence-corrected chi connectivity index (χ4v) is 1.56. The molecule has 0 spiro atoms. The second-order valence-electron chi connectivity index (χ2n) is 3.09. The second kappa shape index (κ2) is 4.11. The average molecular weight is 211 g/mol. The Morgan fingerprint density at radius 1 is 1.29 bits per heavy atom. The van der Waals surface area contributed by atoms with Gasteiger partial charge in [-0.2, -0.15) is 12.6 Å². The fraction of sp³-hybridized carbons (Fsp3) is 0.400. The maximum Gasteiger partial charge on any atom is 0.161 e. The Morgan fingerprint density at radius 3 is 2.71 bits per heavy atom. The average Bonchev–Trinajstić information content (AvgIpc) is 2.27. The minimum Gasteiger partial charge on any atom is -0.486 e. The van der Waals surface area contributed by atoms with Gasteiger partial charge in [0.1, 0.15) is 13.2 Å². The molecule has 2 rings (SSSR count). The Kier molecular flexibility index (Phi) is 2.84. The number of nitrogens with one attached hydrogen (secondary N) is 1. The molecule has 0 fully saturated rings. The number of rotatable bonds is 2. The van der Waals surface area contributed by atoms with Gasteiger partial charge in [-0.1, -0.05) is 6.07 Å². The van der Waals surface area contributed by atoms with Crippen LogP contribution in [0.5, 0.6) is 11.5 Å². The van der Waals surface area contributed by atoms with E-state index in [9.17, 15) is 0 Å². The van der Waals surface area contributed by atoms with Crippen molar-refractivity contribution in [2.75, 3.05) is 20.3 Å². The molecule has 0 saturated carbocycles. The van der Waals surface area contributed by atoms with Crippen LogP contribution < -0.4 is 14.8 Å². The molecule has 1 unspecified atom stereocenters. The third-order valence-corrected chi connectivity index (χ3v) is 2.71. The quantitative estimate of drug-likeness (QED) is 0.575. The molecular formula is C10H13NO2S. The minimum atomic E-state index is 0.0332. The Balaban J connectivity index is 2.29. The molecule has 1 atom stereocenters. The van der Waals surface area contributed by atoms with Crippen molar-refractivity contribution in [1.29, 1.82) is 0 Å². The van der Waals surface area contributed by atoms with E-state index in [1.54, 1.807) is 0 Å². The topological polar surface area (TPSA) is 30.5 Å². The Hall–Kier alpha value is -0.870. The first kappa shape index (κ1) is 9.68. The van der Waals surface area contributed by atoms with E-state index in [2.05, 4.69) is 17.9 Å². The standard InChI is InChI=1S/C10H13NO2S/c1-11-10(14)7-2-3-8-9(6-7)13-5-4-12-8/h2-3,6,10-11,14H,4-5H2,1H3. The van der Waals surface area contributed by atoms with E-state index in [0.717, 1.165) is 17.1 Å². The molecule has 76 valence electrons. The molecule has 1 N–H and O–H groups in total. The number of hydrogen-bond acceptors (Lipinski definition) is 4. The number of ether oxygens (including phenoxy) is 2. The van der Waals surface area contributed by atoms with Gasteiger partial charge in [0.25, 0.3) is 0 Å². The smallest absolute Gasteiger partial charge is 0.161 e. The molecule has 1 aromatic carbocycles. The van der Waals surface area contributed by atoms with Crippen LogP contribution in [0.1, 0.15) is 10.9 Å². The molecule has 1 aromatic rings. The van der Waals surface area contributed by atoms with E-state index in [0.29, 0.717) is 13.2 Å². The number of benzene rings is 1. The normalized spacial score (nSPS) is 16.4. The molecule has 3 nitrogen and oxygen atoms in total. The first-order valence-electron chi connectivity index (χ1n) is 4.56. The summed E-state index contributed by atoms with van der Waals surface area (Å²) in [5.74, 6) is 1.62. The zero-order valence-electron chi connectivity index (χ0n) is 7.99. The van der Waals surface area contributed by atoms with Crippen LogP contribution in [-0.2, 0) is 0 Å². The summed E-state index contributed by atoms with van der Waals surface area (Å²) in [6.07, 6.45) is 0. The molecule has 14 heavy (non-hydrogen) atoms. The number of thiol groups is 1. The van der Waals surface area contributed by atoms with Crippen LogP contribution >= 0.6 is 12.6 Å². The van der Waals surface area contributed by atoms with Gasteiger partial charge in [-0.25, -0.2) is 0 Å². The minimum absolute atomic E-state index is 0.0332. The van der Waals surface area contributed by atoms with Crippen molar-refractivity contribution < 1.29 is 9.47 Å². The maximum absolute atomic E-state index is 5.47. The molecule has 0 aromatic heterocycles. The number of hydrogen-bond donors (Lipinski definition) is 2. The summed E-state index contributed by atoms with van der Waals surface area (Å²) >= 11 is 4.38. The Morgan fingerprint density at radius 2 is 2.00 bits per heavy atom. The lowest BCUT2D eigenvalue weighted by molar-refractivity contribution is 0.171. The summed E-state index contributed by atoms with van der Waals surface area (Å²) < 4.78 is 10.9. The third kappa shape index (κ3) is 1.81. The lowest BCUT2D eigenvalue weighted by Gasteiger charge is -2.20. The predicted molar refractivity (Wildman–Crippen MR) is 58.2 cm³/mol. The third-order valence-electron chi connectivity index (χ3n) is 2.16. The molecule has 0 bridgehead atoms. The van der Waals surface area contributed by atoms with Crippen LogP contribution in [0.15, 0.2) is 18.2 Å². The molecule has 0 saturated heterocycles. The Bertz CT molecular complexity index is 330. The van der Waals surface area contributed by atoms with Gasteiger partial charge in [0.05, 0.1) is 5.37 Å². The Labute approximate surface area is 88.8 Å². The molecule has 4 heteroatoms. The van der Waals surface area contributed by atoms with Gasteiger partial charge in [0, 0.05) is 0 Å². The first-order valence-corrected chi connectivity index (χ1v) is 5.08. The number of fused-ring (bicyclic) bond motifs is 1. The van der Waals surface area contributed by atoms with Crippen LogP contribution in [0.3, 0.4) is 0 Å². The van der Waals surface area contributed by atoms with Gasteiger partial charge < -0.3 is 14.8 Å². The van der Waals surface area contributed by atoms with E-state index >= 15 is 0 Å². The van der Waals surface area contributed by atoms with Crippen LogP contribution in [-0.4, -0.2) is 20.3 Å². The van der Waals surface area contributed by atoms with Crippen molar-refractivity contribution in [3.05, 3.63) is 23.8 Å². The summed E-state index contributed by atoms with van der Waals surface area (Å²) in [6.45, 7) is 1.25. The van der Waals surface area contributed by atoms with Crippen LogP contribution in [0, 0.1) is 0 Å². The summed E-state index contributed by atoms with van der Waals surface area (Å²) in [7, 11) is 1.87. The SMILES string of the molecule is CNC(S)c1ccc2c(c1)OCCO2. The van der Waals surface area contributed by atoms with Gasteiger partial charge >= 0.3 is 0 Å². The van der Waals surface area contributed by atoms with Gasteiger partial charge in [-0.05, 0) is 24.7 Å². The lowest BCUT2D eigenvalue weighted by atomic mass is 10.2. The largest absolute Gasteiger partial charge is 0.486 e. The van der Waals surface area contributed by atoms with E-state index in [1.165, 1.54) is 0 Å². The molecule has 1 heterocycles. The second-order valence-corrected chi connectivity index (χ2v) is 3.61. The lowest BCUT2D eigenvalue weighted by Crippen LogP contribution is -2.16. The van der Waals surface area contributed by atoms with E-state index in [-0.39, 0.29) is 5.37 Å². The van der Waals surface area contributed by atoms with Gasteiger partial charge in [0.2, 0.25) is 0 Å². The molecule has 1 aliphatic heterocycles. The zero-order valence-corrected chi connectivity index (χ0v) is 8.88. The first-order chi connectivity index (χ1) is 6.81. The summed E-state index contributed by atoms with van der Waals surface area (Å²) in [6, 6.07) is 5.87. The predicted octanol–water partition coefficient (Wildman–Crippen LogP) is 1.61. The van der Waals surface area contributed by atoms with Crippen LogP contribution in [0.25, 0.3) is 0 Å². The molecule has 1 aliphatic rings. The highest BCUT2D eigenvalue weighted by Crippen LogP contribution is 2.33. The molecule has 0 radical (unpaired) electrons. The van der Waals surface area contributed by atoms with E-state index in [4.69, 9.17) is 9.47 Å². The van der Waals surface area contributed by atoms with Crippen molar-refractivity contribution in [2.24, 2.45) is 0 Å². The zero-order chi connectivity index (χ0) is 9.97. The van der Waals surface area contributed by atoms with E-state index < -0.39 is 0 Å². The summed E-state index contributed by atoms with van der Waals surface area (Å²) in [5, 5.41) is 3.09. The summed E-state index contributed by atoms with van der Waals surface area (Å²) in [4.78, 5) is 0. The summed E-state index contributed by atoms with van der Waals surface area (Å²) in [5.41, 5.74) is 1.08. The maximum atomic E-state index is 5.47. The highest BCUT2D eigenvalue weighted by Gasteiger charge is 2.13. The van der Waals surface area contributed by atoms with Gasteiger partial charge in [-0.15, -0.1) is 0 Å². The highest BCUT2D eigenvalue weighted by atomic mass is 32.1. The van der Waals surface area contributed by atoms with Crippen molar-refractivity contribution >= 4 is 12.6 Å². The van der Waals surface area contributed by atoms with Crippen molar-refractivity contribution in [3.63, 3.8) is 0 Å². The van der Waals surface area contributed by atoms with Crippen molar-refractivity contribution in [1.82, 2.24) is 5.32 Å². The van der Waals surface area contributed by atoms with Crippen molar-refractivity contribution in [3.8, 4) is 11.5 Å². The molecule has 0 amide bonds. The molecular weight excluding hydrogens is 198 g/mol. The monoisotopic (exact) mass is 211 g/mol. The van der Waals surface area contributed by atoms with Gasteiger partial charge in [0.15, 0.2) is 11.5 Å². The van der Waals surface area contributed by atoms with Gasteiger partial charge in [-0.3, -0.25) is 0 Å². The van der Waals surface area contributed by atoms with Crippen LogP contribution in [0.2, 0.25) is 0 Å². The van der Waals surface area contributed by atoms with E-state index in [1.807, 2.05) is 25.2 Å². The molecule has 0 aliphatic carbocycles. The van der Waals surface area contributed by atoms with Crippen molar-refractivity contribution in [2.45, 2.75) is 5.37 Å². The highest BCUT2D eigenvalue weighted by molar-refractivity contribution is 7.80.